The van der Waals surface area contributed by atoms with Crippen molar-refractivity contribution in [2.45, 2.75) is 33.4 Å². The summed E-state index contributed by atoms with van der Waals surface area (Å²) in [6, 6.07) is 9.85. The third-order valence-corrected chi connectivity index (χ3v) is 3.09. The van der Waals surface area contributed by atoms with Crippen molar-refractivity contribution in [2.24, 2.45) is 5.73 Å². The van der Waals surface area contributed by atoms with Crippen molar-refractivity contribution < 1.29 is 4.74 Å². The Morgan fingerprint density at radius 1 is 1.32 bits per heavy atom. The summed E-state index contributed by atoms with van der Waals surface area (Å²) in [5.74, 6) is 0.860. The van der Waals surface area contributed by atoms with E-state index >= 15 is 0 Å². The second-order valence-corrected chi connectivity index (χ2v) is 4.69. The molecule has 1 atom stereocenters. The predicted molar refractivity (Wildman–Crippen MR) is 76.2 cm³/mol. The van der Waals surface area contributed by atoms with Crippen LogP contribution in [0, 0.1) is 13.8 Å². The van der Waals surface area contributed by atoms with Gasteiger partial charge >= 0.3 is 0 Å². The van der Waals surface area contributed by atoms with Crippen LogP contribution in [0.4, 0.5) is 0 Å². The third-order valence-electron chi connectivity index (χ3n) is 3.09. The molecule has 0 spiro atoms. The van der Waals surface area contributed by atoms with Crippen LogP contribution in [0.5, 0.6) is 5.75 Å². The molecule has 0 fully saturated rings. The number of aromatic nitrogens is 2. The van der Waals surface area contributed by atoms with Crippen LogP contribution in [0.15, 0.2) is 30.3 Å². The Balaban J connectivity index is 2.20. The number of benzene rings is 1. The van der Waals surface area contributed by atoms with Gasteiger partial charge in [0.2, 0.25) is 0 Å². The van der Waals surface area contributed by atoms with Crippen LogP contribution in [-0.4, -0.2) is 16.4 Å². The predicted octanol–water partition coefficient (Wildman–Crippen LogP) is 2.60. The molecule has 0 aliphatic heterocycles. The topological polar surface area (TPSA) is 53.1 Å². The van der Waals surface area contributed by atoms with Gasteiger partial charge in [-0.1, -0.05) is 18.2 Å². The molecule has 1 heterocycles. The standard InChI is InChI=1S/C15H21N3O/c1-4-19-15-8-6-5-7-13(15)14(16)10-18-12(3)9-11(2)17-18/h5-9,14H,4,10,16H2,1-3H3. The number of aryl methyl sites for hydroxylation is 2. The zero-order valence-electron chi connectivity index (χ0n) is 11.8. The van der Waals surface area contributed by atoms with Crippen molar-refractivity contribution >= 4 is 0 Å². The number of para-hydroxylation sites is 1. The number of nitrogens with zero attached hydrogens (tertiary/aromatic N) is 2. The molecule has 0 bridgehead atoms. The van der Waals surface area contributed by atoms with E-state index in [1.54, 1.807) is 0 Å². The zero-order valence-corrected chi connectivity index (χ0v) is 11.8. The van der Waals surface area contributed by atoms with E-state index in [9.17, 15) is 0 Å². The summed E-state index contributed by atoms with van der Waals surface area (Å²) in [7, 11) is 0. The monoisotopic (exact) mass is 259 g/mol. The van der Waals surface area contributed by atoms with Gasteiger partial charge in [0.1, 0.15) is 5.75 Å². The number of ether oxygens (including phenoxy) is 1. The van der Waals surface area contributed by atoms with Gasteiger partial charge in [-0.25, -0.2) is 0 Å². The minimum atomic E-state index is -0.124. The maximum Gasteiger partial charge on any atom is 0.124 e. The van der Waals surface area contributed by atoms with Crippen molar-refractivity contribution in [3.05, 3.63) is 47.3 Å². The fourth-order valence-corrected chi connectivity index (χ4v) is 2.22. The maximum atomic E-state index is 6.30. The van der Waals surface area contributed by atoms with E-state index < -0.39 is 0 Å². The Hall–Kier alpha value is -1.81. The van der Waals surface area contributed by atoms with E-state index in [0.717, 1.165) is 22.7 Å². The molecule has 2 aromatic rings. The number of rotatable bonds is 5. The first-order valence-corrected chi connectivity index (χ1v) is 6.60. The Labute approximate surface area is 114 Å². The molecule has 1 aromatic carbocycles. The fourth-order valence-electron chi connectivity index (χ4n) is 2.22. The maximum absolute atomic E-state index is 6.30. The van der Waals surface area contributed by atoms with Crippen LogP contribution in [0.1, 0.15) is 29.9 Å². The largest absolute Gasteiger partial charge is 0.494 e. The number of nitrogens with two attached hydrogens (primary N) is 1. The highest BCUT2D eigenvalue weighted by Gasteiger charge is 2.13. The molecule has 19 heavy (non-hydrogen) atoms. The van der Waals surface area contributed by atoms with Gasteiger partial charge in [0.25, 0.3) is 0 Å². The number of hydrogen-bond acceptors (Lipinski definition) is 3. The van der Waals surface area contributed by atoms with E-state index in [-0.39, 0.29) is 6.04 Å². The van der Waals surface area contributed by atoms with E-state index in [1.165, 1.54) is 0 Å². The molecule has 1 aromatic heterocycles. The molecule has 1 unspecified atom stereocenters. The van der Waals surface area contributed by atoms with Gasteiger partial charge in [-0.3, -0.25) is 4.68 Å². The molecule has 0 aliphatic rings. The first-order chi connectivity index (χ1) is 9.11. The van der Waals surface area contributed by atoms with Gasteiger partial charge in [-0.2, -0.15) is 5.10 Å². The Morgan fingerprint density at radius 3 is 2.68 bits per heavy atom. The average Bonchev–Trinajstić information content (AvgIpc) is 2.69. The second kappa shape index (κ2) is 5.89. The summed E-state index contributed by atoms with van der Waals surface area (Å²) in [4.78, 5) is 0. The minimum Gasteiger partial charge on any atom is -0.494 e. The first kappa shape index (κ1) is 13.6. The third kappa shape index (κ3) is 3.15. The van der Waals surface area contributed by atoms with Crippen molar-refractivity contribution in [2.75, 3.05) is 6.61 Å². The van der Waals surface area contributed by atoms with Crippen LogP contribution in [0.3, 0.4) is 0 Å². The normalized spacial score (nSPS) is 12.4. The van der Waals surface area contributed by atoms with E-state index in [2.05, 4.69) is 11.2 Å². The van der Waals surface area contributed by atoms with Crippen LogP contribution >= 0.6 is 0 Å². The molecule has 2 rings (SSSR count). The molecule has 0 radical (unpaired) electrons. The summed E-state index contributed by atoms with van der Waals surface area (Å²) in [5, 5.41) is 4.45. The average molecular weight is 259 g/mol. The van der Waals surface area contributed by atoms with Gasteiger partial charge < -0.3 is 10.5 Å². The van der Waals surface area contributed by atoms with Gasteiger partial charge in [-0.05, 0) is 32.9 Å². The van der Waals surface area contributed by atoms with Crippen molar-refractivity contribution in [3.8, 4) is 5.75 Å². The summed E-state index contributed by atoms with van der Waals surface area (Å²) >= 11 is 0. The Bertz CT molecular complexity index is 548. The minimum absolute atomic E-state index is 0.124. The van der Waals surface area contributed by atoms with E-state index in [0.29, 0.717) is 13.2 Å². The van der Waals surface area contributed by atoms with Gasteiger partial charge in [0, 0.05) is 11.3 Å². The Kier molecular flexibility index (Phi) is 4.22. The molecule has 0 saturated carbocycles. The molecule has 0 aliphatic carbocycles. The van der Waals surface area contributed by atoms with Crippen LogP contribution in [0.25, 0.3) is 0 Å². The van der Waals surface area contributed by atoms with Crippen LogP contribution in [0.2, 0.25) is 0 Å². The summed E-state index contributed by atoms with van der Waals surface area (Å²) in [6.07, 6.45) is 0. The second-order valence-electron chi connectivity index (χ2n) is 4.69. The van der Waals surface area contributed by atoms with E-state index in [4.69, 9.17) is 10.5 Å². The van der Waals surface area contributed by atoms with E-state index in [1.807, 2.05) is 49.7 Å². The van der Waals surface area contributed by atoms with Gasteiger partial charge in [0.05, 0.1) is 24.9 Å². The highest BCUT2D eigenvalue weighted by atomic mass is 16.5. The fraction of sp³-hybridized carbons (Fsp3) is 0.400. The van der Waals surface area contributed by atoms with Crippen LogP contribution < -0.4 is 10.5 Å². The molecule has 0 saturated heterocycles. The van der Waals surface area contributed by atoms with Gasteiger partial charge in [0.15, 0.2) is 0 Å². The molecule has 4 heteroatoms. The zero-order chi connectivity index (χ0) is 13.8. The molecular formula is C15H21N3O. The Morgan fingerprint density at radius 2 is 2.05 bits per heavy atom. The first-order valence-electron chi connectivity index (χ1n) is 6.60. The molecular weight excluding hydrogens is 238 g/mol. The lowest BCUT2D eigenvalue weighted by molar-refractivity contribution is 0.332. The lowest BCUT2D eigenvalue weighted by atomic mass is 10.1. The SMILES string of the molecule is CCOc1ccccc1C(N)Cn1nc(C)cc1C. The van der Waals surface area contributed by atoms with Crippen LogP contribution in [-0.2, 0) is 6.54 Å². The molecule has 2 N–H and O–H groups in total. The lowest BCUT2D eigenvalue weighted by Gasteiger charge is -2.17. The highest BCUT2D eigenvalue weighted by Crippen LogP contribution is 2.24. The molecule has 102 valence electrons. The lowest BCUT2D eigenvalue weighted by Crippen LogP contribution is -2.20. The van der Waals surface area contributed by atoms with Crippen molar-refractivity contribution in [3.63, 3.8) is 0 Å². The smallest absolute Gasteiger partial charge is 0.124 e. The van der Waals surface area contributed by atoms with Crippen molar-refractivity contribution in [1.82, 2.24) is 9.78 Å². The quantitative estimate of drug-likeness (QED) is 0.898. The highest BCUT2D eigenvalue weighted by molar-refractivity contribution is 5.35. The number of hydrogen-bond donors (Lipinski definition) is 1. The molecule has 0 amide bonds. The molecule has 4 nitrogen and oxygen atoms in total. The summed E-state index contributed by atoms with van der Waals surface area (Å²) in [6.45, 7) is 7.31. The van der Waals surface area contributed by atoms with Gasteiger partial charge in [-0.15, -0.1) is 0 Å². The summed E-state index contributed by atoms with van der Waals surface area (Å²) in [5.41, 5.74) is 9.46. The summed E-state index contributed by atoms with van der Waals surface area (Å²) < 4.78 is 7.57. The van der Waals surface area contributed by atoms with Crippen molar-refractivity contribution in [1.29, 1.82) is 0 Å².